The standard InChI is InChI=1S/C19H36/c1-15(2)9-8-12-18(19(4)13-14-19)17-11-7-5-6-10-16(17)3/h15-18H,5-14H2,1-4H3. The Labute approximate surface area is 121 Å². The summed E-state index contributed by atoms with van der Waals surface area (Å²) < 4.78 is 0. The zero-order valence-electron chi connectivity index (χ0n) is 13.9. The average Bonchev–Trinajstić information content (AvgIpc) is 3.11. The third-order valence-corrected chi connectivity index (χ3v) is 6.18. The zero-order valence-corrected chi connectivity index (χ0v) is 13.9. The molecular formula is C19H36. The van der Waals surface area contributed by atoms with Crippen LogP contribution in [0.25, 0.3) is 0 Å². The van der Waals surface area contributed by atoms with Crippen molar-refractivity contribution in [2.75, 3.05) is 0 Å². The van der Waals surface area contributed by atoms with Crippen molar-refractivity contribution in [2.45, 2.75) is 91.9 Å². The third kappa shape index (κ3) is 4.23. The van der Waals surface area contributed by atoms with Crippen molar-refractivity contribution in [2.24, 2.45) is 29.1 Å². The van der Waals surface area contributed by atoms with E-state index in [4.69, 9.17) is 0 Å². The minimum absolute atomic E-state index is 0.736. The van der Waals surface area contributed by atoms with Crippen LogP contribution in [-0.4, -0.2) is 0 Å². The van der Waals surface area contributed by atoms with Crippen molar-refractivity contribution >= 4 is 0 Å². The second-order valence-corrected chi connectivity index (χ2v) is 8.36. The second-order valence-electron chi connectivity index (χ2n) is 8.36. The lowest BCUT2D eigenvalue weighted by atomic mass is 9.70. The molecule has 0 saturated heterocycles. The Morgan fingerprint density at radius 3 is 2.32 bits per heavy atom. The molecule has 0 heteroatoms. The number of hydrogen-bond donors (Lipinski definition) is 0. The predicted molar refractivity (Wildman–Crippen MR) is 85.3 cm³/mol. The van der Waals surface area contributed by atoms with E-state index in [0.717, 1.165) is 29.1 Å². The SMILES string of the molecule is CC(C)CCCC(C1CCCCCC1C)C1(C)CC1. The molecule has 0 aromatic heterocycles. The summed E-state index contributed by atoms with van der Waals surface area (Å²) in [6, 6.07) is 0. The molecule has 0 aliphatic heterocycles. The molecule has 0 heterocycles. The Morgan fingerprint density at radius 2 is 1.68 bits per heavy atom. The van der Waals surface area contributed by atoms with E-state index in [0.29, 0.717) is 0 Å². The van der Waals surface area contributed by atoms with E-state index in [9.17, 15) is 0 Å². The van der Waals surface area contributed by atoms with Gasteiger partial charge in [-0.3, -0.25) is 0 Å². The Hall–Kier alpha value is 0. The van der Waals surface area contributed by atoms with Crippen LogP contribution in [-0.2, 0) is 0 Å². The summed E-state index contributed by atoms with van der Waals surface area (Å²) in [6.45, 7) is 9.89. The van der Waals surface area contributed by atoms with E-state index >= 15 is 0 Å². The fraction of sp³-hybridized carbons (Fsp3) is 1.00. The van der Waals surface area contributed by atoms with Gasteiger partial charge in [0.25, 0.3) is 0 Å². The molecule has 112 valence electrons. The monoisotopic (exact) mass is 264 g/mol. The first-order valence-electron chi connectivity index (χ1n) is 9.03. The van der Waals surface area contributed by atoms with Gasteiger partial charge in [-0.2, -0.15) is 0 Å². The number of hydrogen-bond acceptors (Lipinski definition) is 0. The molecule has 0 spiro atoms. The van der Waals surface area contributed by atoms with Gasteiger partial charge in [0.05, 0.1) is 0 Å². The van der Waals surface area contributed by atoms with Crippen molar-refractivity contribution in [3.8, 4) is 0 Å². The summed E-state index contributed by atoms with van der Waals surface area (Å²) in [4.78, 5) is 0. The van der Waals surface area contributed by atoms with E-state index < -0.39 is 0 Å². The average molecular weight is 264 g/mol. The van der Waals surface area contributed by atoms with Gasteiger partial charge in [-0.05, 0) is 54.8 Å². The Bertz CT molecular complexity index is 261. The molecule has 2 aliphatic rings. The zero-order chi connectivity index (χ0) is 13.9. The highest BCUT2D eigenvalue weighted by Gasteiger charge is 2.48. The fourth-order valence-corrected chi connectivity index (χ4v) is 4.51. The second kappa shape index (κ2) is 6.64. The van der Waals surface area contributed by atoms with Crippen molar-refractivity contribution in [1.29, 1.82) is 0 Å². The Kier molecular flexibility index (Phi) is 5.37. The fourth-order valence-electron chi connectivity index (χ4n) is 4.51. The smallest absolute Gasteiger partial charge is 0.0294 e. The Morgan fingerprint density at radius 1 is 1.00 bits per heavy atom. The molecular weight excluding hydrogens is 228 g/mol. The van der Waals surface area contributed by atoms with Crippen molar-refractivity contribution < 1.29 is 0 Å². The molecule has 3 atom stereocenters. The van der Waals surface area contributed by atoms with Crippen LogP contribution in [0.5, 0.6) is 0 Å². The predicted octanol–water partition coefficient (Wildman–Crippen LogP) is 6.45. The molecule has 0 N–H and O–H groups in total. The highest BCUT2D eigenvalue weighted by Crippen LogP contribution is 2.58. The summed E-state index contributed by atoms with van der Waals surface area (Å²) in [7, 11) is 0. The molecule has 0 bridgehead atoms. The largest absolute Gasteiger partial charge is 0.0628 e. The van der Waals surface area contributed by atoms with Gasteiger partial charge >= 0.3 is 0 Å². The molecule has 0 radical (unpaired) electrons. The maximum absolute atomic E-state index is 2.59. The van der Waals surface area contributed by atoms with Gasteiger partial charge in [0.1, 0.15) is 0 Å². The molecule has 19 heavy (non-hydrogen) atoms. The quantitative estimate of drug-likeness (QED) is 0.484. The number of rotatable bonds is 6. The molecule has 0 nitrogen and oxygen atoms in total. The van der Waals surface area contributed by atoms with Gasteiger partial charge in [-0.25, -0.2) is 0 Å². The molecule has 2 fully saturated rings. The van der Waals surface area contributed by atoms with Crippen LogP contribution in [0.1, 0.15) is 91.9 Å². The van der Waals surface area contributed by atoms with Crippen molar-refractivity contribution in [1.82, 2.24) is 0 Å². The van der Waals surface area contributed by atoms with E-state index in [1.165, 1.54) is 64.2 Å². The van der Waals surface area contributed by atoms with E-state index in [2.05, 4.69) is 27.7 Å². The van der Waals surface area contributed by atoms with Gasteiger partial charge in [-0.1, -0.05) is 66.2 Å². The third-order valence-electron chi connectivity index (χ3n) is 6.18. The van der Waals surface area contributed by atoms with E-state index in [-0.39, 0.29) is 0 Å². The Balaban J connectivity index is 1.95. The molecule has 0 aromatic rings. The van der Waals surface area contributed by atoms with Crippen LogP contribution in [0.2, 0.25) is 0 Å². The van der Waals surface area contributed by atoms with Gasteiger partial charge in [0, 0.05) is 0 Å². The van der Waals surface area contributed by atoms with E-state index in [1.54, 1.807) is 0 Å². The van der Waals surface area contributed by atoms with Gasteiger partial charge in [-0.15, -0.1) is 0 Å². The lowest BCUT2D eigenvalue weighted by Gasteiger charge is -2.35. The lowest BCUT2D eigenvalue weighted by molar-refractivity contribution is 0.138. The molecule has 0 aromatic carbocycles. The van der Waals surface area contributed by atoms with Crippen LogP contribution in [0.4, 0.5) is 0 Å². The molecule has 0 amide bonds. The summed E-state index contributed by atoms with van der Waals surface area (Å²) in [5.74, 6) is 3.96. The first-order chi connectivity index (χ1) is 9.03. The van der Waals surface area contributed by atoms with Crippen molar-refractivity contribution in [3.63, 3.8) is 0 Å². The van der Waals surface area contributed by atoms with Crippen LogP contribution in [0.15, 0.2) is 0 Å². The normalized spacial score (nSPS) is 32.1. The van der Waals surface area contributed by atoms with E-state index in [1.807, 2.05) is 0 Å². The van der Waals surface area contributed by atoms with Gasteiger partial charge < -0.3 is 0 Å². The topological polar surface area (TPSA) is 0 Å². The minimum atomic E-state index is 0.736. The molecule has 3 unspecified atom stereocenters. The highest BCUT2D eigenvalue weighted by molar-refractivity contribution is 4.98. The summed E-state index contributed by atoms with van der Waals surface area (Å²) in [5.41, 5.74) is 0.736. The highest BCUT2D eigenvalue weighted by atomic mass is 14.5. The van der Waals surface area contributed by atoms with Gasteiger partial charge in [0.2, 0.25) is 0 Å². The van der Waals surface area contributed by atoms with Crippen LogP contribution in [0.3, 0.4) is 0 Å². The molecule has 2 rings (SSSR count). The van der Waals surface area contributed by atoms with Crippen molar-refractivity contribution in [3.05, 3.63) is 0 Å². The maximum Gasteiger partial charge on any atom is -0.0294 e. The lowest BCUT2D eigenvalue weighted by Crippen LogP contribution is -2.27. The molecule has 2 saturated carbocycles. The summed E-state index contributed by atoms with van der Waals surface area (Å²) in [5, 5.41) is 0. The summed E-state index contributed by atoms with van der Waals surface area (Å²) in [6.07, 6.45) is 15.0. The van der Waals surface area contributed by atoms with Gasteiger partial charge in [0.15, 0.2) is 0 Å². The summed E-state index contributed by atoms with van der Waals surface area (Å²) >= 11 is 0. The first kappa shape index (κ1) is 15.4. The van der Waals surface area contributed by atoms with Crippen LogP contribution in [0, 0.1) is 29.1 Å². The molecule has 2 aliphatic carbocycles. The van der Waals surface area contributed by atoms with Crippen LogP contribution < -0.4 is 0 Å². The minimum Gasteiger partial charge on any atom is -0.0628 e. The maximum atomic E-state index is 2.59. The first-order valence-corrected chi connectivity index (χ1v) is 9.03. The van der Waals surface area contributed by atoms with Crippen LogP contribution >= 0.6 is 0 Å².